The van der Waals surface area contributed by atoms with Gasteiger partial charge in [0.25, 0.3) is 0 Å². The van der Waals surface area contributed by atoms with Crippen LogP contribution in [-0.2, 0) is 6.42 Å². The third-order valence-electron chi connectivity index (χ3n) is 7.63. The van der Waals surface area contributed by atoms with Gasteiger partial charge in [0.05, 0.1) is 5.69 Å². The van der Waals surface area contributed by atoms with Crippen molar-refractivity contribution in [2.75, 3.05) is 0 Å². The van der Waals surface area contributed by atoms with Gasteiger partial charge in [0.1, 0.15) is 0 Å². The lowest BCUT2D eigenvalue weighted by Crippen LogP contribution is -2.13. The summed E-state index contributed by atoms with van der Waals surface area (Å²) >= 11 is 0. The largest absolute Gasteiger partial charge is 0.256 e. The van der Waals surface area contributed by atoms with Crippen molar-refractivity contribution in [3.63, 3.8) is 0 Å². The van der Waals surface area contributed by atoms with Gasteiger partial charge in [0.15, 0.2) is 0 Å². The van der Waals surface area contributed by atoms with Crippen molar-refractivity contribution >= 4 is 0 Å². The molecular formula is C31H47N. The Bertz CT molecular complexity index is 722. The Kier molecular flexibility index (Phi) is 11.3. The highest BCUT2D eigenvalue weighted by Gasteiger charge is 2.22. The third-order valence-corrected chi connectivity index (χ3v) is 7.63. The van der Waals surface area contributed by atoms with Crippen LogP contribution in [0, 0.1) is 5.92 Å². The van der Waals surface area contributed by atoms with Gasteiger partial charge in [-0.2, -0.15) is 0 Å². The van der Waals surface area contributed by atoms with Gasteiger partial charge in [0, 0.05) is 11.8 Å². The summed E-state index contributed by atoms with van der Waals surface area (Å²) in [6.07, 6.45) is 24.1. The average molecular weight is 434 g/mol. The van der Waals surface area contributed by atoms with E-state index in [0.717, 1.165) is 17.5 Å². The number of hydrogen-bond acceptors (Lipinski definition) is 1. The van der Waals surface area contributed by atoms with E-state index in [1.54, 1.807) is 0 Å². The first-order chi connectivity index (χ1) is 15.8. The highest BCUT2D eigenvalue weighted by atomic mass is 14.7. The second-order valence-corrected chi connectivity index (χ2v) is 10.3. The second kappa shape index (κ2) is 14.5. The van der Waals surface area contributed by atoms with Crippen LogP contribution in [0.3, 0.4) is 0 Å². The van der Waals surface area contributed by atoms with Crippen LogP contribution in [0.5, 0.6) is 0 Å². The summed E-state index contributed by atoms with van der Waals surface area (Å²) in [6.45, 7) is 4.58. The van der Waals surface area contributed by atoms with Gasteiger partial charge in [-0.3, -0.25) is 4.98 Å². The maximum Gasteiger partial charge on any atom is 0.0702 e. The molecule has 0 radical (unpaired) electrons. The van der Waals surface area contributed by atoms with E-state index in [0.29, 0.717) is 0 Å². The number of benzene rings is 1. The summed E-state index contributed by atoms with van der Waals surface area (Å²) in [7, 11) is 0. The van der Waals surface area contributed by atoms with Gasteiger partial charge < -0.3 is 0 Å². The smallest absolute Gasteiger partial charge is 0.0702 e. The van der Waals surface area contributed by atoms with E-state index in [2.05, 4.69) is 56.4 Å². The van der Waals surface area contributed by atoms with Crippen LogP contribution in [-0.4, -0.2) is 4.98 Å². The molecule has 2 aromatic rings. The Morgan fingerprint density at radius 2 is 1.34 bits per heavy atom. The molecule has 0 saturated heterocycles. The molecule has 0 bridgehead atoms. The molecule has 1 aromatic carbocycles. The molecule has 0 aliphatic heterocycles. The lowest BCUT2D eigenvalue weighted by molar-refractivity contribution is 0.302. The zero-order valence-corrected chi connectivity index (χ0v) is 21.0. The molecule has 3 rings (SSSR count). The van der Waals surface area contributed by atoms with Crippen LogP contribution in [0.4, 0.5) is 0 Å². The van der Waals surface area contributed by atoms with Crippen molar-refractivity contribution in [3.8, 4) is 11.3 Å². The van der Waals surface area contributed by atoms with Crippen molar-refractivity contribution < 1.29 is 0 Å². The summed E-state index contributed by atoms with van der Waals surface area (Å²) in [5.74, 6) is 1.75. The molecule has 1 heterocycles. The molecule has 0 N–H and O–H groups in total. The fraction of sp³-hybridized carbons (Fsp3) is 0.645. The molecule has 1 aliphatic rings. The summed E-state index contributed by atoms with van der Waals surface area (Å²) in [5.41, 5.74) is 5.29. The molecule has 1 aliphatic carbocycles. The van der Waals surface area contributed by atoms with Crippen LogP contribution in [0.1, 0.15) is 127 Å². The minimum Gasteiger partial charge on any atom is -0.256 e. The predicted molar refractivity (Wildman–Crippen MR) is 140 cm³/mol. The van der Waals surface area contributed by atoms with E-state index in [9.17, 15) is 0 Å². The van der Waals surface area contributed by atoms with Crippen LogP contribution in [0.15, 0.2) is 42.6 Å². The highest BCUT2D eigenvalue weighted by molar-refractivity contribution is 5.59. The molecule has 1 fully saturated rings. The molecular weight excluding hydrogens is 386 g/mol. The van der Waals surface area contributed by atoms with E-state index >= 15 is 0 Å². The molecule has 1 saturated carbocycles. The molecule has 1 aromatic heterocycles. The summed E-state index contributed by atoms with van der Waals surface area (Å²) < 4.78 is 0. The maximum absolute atomic E-state index is 4.77. The van der Waals surface area contributed by atoms with Crippen molar-refractivity contribution in [1.29, 1.82) is 0 Å². The Morgan fingerprint density at radius 1 is 0.688 bits per heavy atom. The predicted octanol–water partition coefficient (Wildman–Crippen LogP) is 9.90. The number of unbranched alkanes of at least 4 members (excludes halogenated alkanes) is 8. The molecule has 32 heavy (non-hydrogen) atoms. The van der Waals surface area contributed by atoms with Crippen molar-refractivity contribution in [3.05, 3.63) is 53.7 Å². The molecule has 176 valence electrons. The highest BCUT2D eigenvalue weighted by Crippen LogP contribution is 2.38. The molecule has 0 amide bonds. The average Bonchev–Trinajstić information content (AvgIpc) is 2.85. The van der Waals surface area contributed by atoms with Crippen molar-refractivity contribution in [1.82, 2.24) is 4.98 Å². The zero-order valence-electron chi connectivity index (χ0n) is 21.0. The van der Waals surface area contributed by atoms with E-state index in [4.69, 9.17) is 4.98 Å². The topological polar surface area (TPSA) is 12.9 Å². The molecule has 0 unspecified atom stereocenters. The van der Waals surface area contributed by atoms with Gasteiger partial charge in [-0.1, -0.05) is 108 Å². The standard InChI is InChI=1S/C31H47N/c1-3-5-7-9-10-12-14-27-17-24-31(32-25-27)30-22-20-29(21-23-30)28-18-15-26(16-19-28)13-11-8-6-4-2/h17,20-26,28H,3-16,18-19H2,1-2H3. The molecule has 0 atom stereocenters. The Morgan fingerprint density at radius 3 is 2.00 bits per heavy atom. The molecule has 0 spiro atoms. The van der Waals surface area contributed by atoms with Gasteiger partial charge in [0.2, 0.25) is 0 Å². The van der Waals surface area contributed by atoms with E-state index in [1.807, 2.05) is 0 Å². The van der Waals surface area contributed by atoms with Gasteiger partial charge in [-0.05, 0) is 67.6 Å². The first-order valence-corrected chi connectivity index (χ1v) is 13.9. The second-order valence-electron chi connectivity index (χ2n) is 10.3. The monoisotopic (exact) mass is 433 g/mol. The lowest BCUT2D eigenvalue weighted by Gasteiger charge is -2.29. The lowest BCUT2D eigenvalue weighted by atomic mass is 9.77. The van der Waals surface area contributed by atoms with E-state index in [-0.39, 0.29) is 0 Å². The van der Waals surface area contributed by atoms with E-state index in [1.165, 1.54) is 119 Å². The van der Waals surface area contributed by atoms with Crippen LogP contribution < -0.4 is 0 Å². The van der Waals surface area contributed by atoms with Crippen LogP contribution in [0.25, 0.3) is 11.3 Å². The summed E-state index contributed by atoms with van der Waals surface area (Å²) in [5, 5.41) is 0. The number of hydrogen-bond donors (Lipinski definition) is 0. The van der Waals surface area contributed by atoms with Crippen molar-refractivity contribution in [2.24, 2.45) is 5.92 Å². The van der Waals surface area contributed by atoms with Gasteiger partial charge in [-0.25, -0.2) is 0 Å². The Hall–Kier alpha value is -1.63. The SMILES string of the molecule is CCCCCCCCc1ccc(-c2ccc(C3CCC(CCCCCC)CC3)cc2)nc1. The first kappa shape index (κ1) is 25.0. The Labute approximate surface area is 198 Å². The van der Waals surface area contributed by atoms with Crippen LogP contribution >= 0.6 is 0 Å². The normalized spacial score (nSPS) is 18.7. The zero-order chi connectivity index (χ0) is 22.4. The van der Waals surface area contributed by atoms with Gasteiger partial charge >= 0.3 is 0 Å². The number of nitrogens with zero attached hydrogens (tertiary/aromatic N) is 1. The maximum atomic E-state index is 4.77. The van der Waals surface area contributed by atoms with E-state index < -0.39 is 0 Å². The number of aryl methyl sites for hydroxylation is 1. The number of pyridine rings is 1. The first-order valence-electron chi connectivity index (χ1n) is 13.9. The minimum atomic E-state index is 0.767. The minimum absolute atomic E-state index is 0.767. The fourth-order valence-electron chi connectivity index (χ4n) is 5.42. The third kappa shape index (κ3) is 8.38. The Balaban J connectivity index is 1.41. The molecule has 1 nitrogen and oxygen atoms in total. The summed E-state index contributed by atoms with van der Waals surface area (Å²) in [6, 6.07) is 13.8. The summed E-state index contributed by atoms with van der Waals surface area (Å²) in [4.78, 5) is 4.77. The number of rotatable bonds is 14. The van der Waals surface area contributed by atoms with Crippen LogP contribution in [0.2, 0.25) is 0 Å². The molecule has 1 heteroatoms. The van der Waals surface area contributed by atoms with Gasteiger partial charge in [-0.15, -0.1) is 0 Å². The fourth-order valence-corrected chi connectivity index (χ4v) is 5.42. The van der Waals surface area contributed by atoms with Crippen molar-refractivity contribution in [2.45, 2.75) is 122 Å². The number of aromatic nitrogens is 1. The quantitative estimate of drug-likeness (QED) is 0.270.